The van der Waals surface area contributed by atoms with Crippen LogP contribution in [-0.4, -0.2) is 21.8 Å². The number of nitrogens with zero attached hydrogens (tertiary/aromatic N) is 2. The highest BCUT2D eigenvalue weighted by Gasteiger charge is 2.10. The van der Waals surface area contributed by atoms with Crippen LogP contribution in [0.4, 0.5) is 22.9 Å². The molecule has 1 heterocycles. The number of benzene rings is 2. The van der Waals surface area contributed by atoms with Gasteiger partial charge in [-0.2, -0.15) is 0 Å². The Morgan fingerprint density at radius 2 is 1.44 bits per heavy atom. The highest BCUT2D eigenvalue weighted by atomic mass is 35.5. The van der Waals surface area contributed by atoms with Crippen molar-refractivity contribution < 1.29 is 9.59 Å². The quantitative estimate of drug-likeness (QED) is 0.618. The minimum absolute atomic E-state index is 0.159. The summed E-state index contributed by atoms with van der Waals surface area (Å²) in [5.74, 6) is -0.0456. The number of carbonyl (C=O) groups excluding carboxylic acids is 2. The van der Waals surface area contributed by atoms with Gasteiger partial charge in [0.2, 0.25) is 5.91 Å². The monoisotopic (exact) mass is 381 g/mol. The lowest BCUT2D eigenvalue weighted by atomic mass is 10.2. The van der Waals surface area contributed by atoms with Crippen molar-refractivity contribution in [2.75, 3.05) is 16.0 Å². The van der Waals surface area contributed by atoms with Crippen molar-refractivity contribution in [2.24, 2.45) is 0 Å². The van der Waals surface area contributed by atoms with Crippen LogP contribution in [0.25, 0.3) is 0 Å². The molecule has 0 unspecified atom stereocenters. The van der Waals surface area contributed by atoms with Gasteiger partial charge in [0.25, 0.3) is 5.91 Å². The second-order valence-electron chi connectivity index (χ2n) is 5.63. The fraction of sp³-hybridized carbons (Fsp3) is 0.0526. The van der Waals surface area contributed by atoms with Crippen molar-refractivity contribution in [2.45, 2.75) is 6.92 Å². The molecule has 27 heavy (non-hydrogen) atoms. The number of carbonyl (C=O) groups is 2. The van der Waals surface area contributed by atoms with Gasteiger partial charge in [-0.25, -0.2) is 9.97 Å². The lowest BCUT2D eigenvalue weighted by molar-refractivity contribution is -0.114. The van der Waals surface area contributed by atoms with Crippen molar-refractivity contribution in [1.29, 1.82) is 0 Å². The van der Waals surface area contributed by atoms with E-state index in [9.17, 15) is 9.59 Å². The van der Waals surface area contributed by atoms with Crippen molar-refractivity contribution in [1.82, 2.24) is 9.97 Å². The number of hydrogen-bond donors (Lipinski definition) is 3. The van der Waals surface area contributed by atoms with Crippen LogP contribution in [0.5, 0.6) is 0 Å². The molecular weight excluding hydrogens is 366 g/mol. The molecule has 0 saturated carbocycles. The molecule has 0 atom stereocenters. The van der Waals surface area contributed by atoms with E-state index >= 15 is 0 Å². The molecule has 2 amide bonds. The van der Waals surface area contributed by atoms with Crippen molar-refractivity contribution in [3.05, 3.63) is 71.6 Å². The van der Waals surface area contributed by atoms with Crippen molar-refractivity contribution >= 4 is 46.3 Å². The third-order valence-electron chi connectivity index (χ3n) is 3.48. The zero-order valence-electron chi connectivity index (χ0n) is 14.4. The molecule has 136 valence electrons. The summed E-state index contributed by atoms with van der Waals surface area (Å²) in [5, 5.41) is 9.13. The maximum absolute atomic E-state index is 12.4. The fourth-order valence-electron chi connectivity index (χ4n) is 2.27. The zero-order valence-corrected chi connectivity index (χ0v) is 15.1. The Morgan fingerprint density at radius 3 is 2.07 bits per heavy atom. The summed E-state index contributed by atoms with van der Waals surface area (Å²) in [5.41, 5.74) is 2.24. The molecule has 7 nitrogen and oxygen atoms in total. The Kier molecular flexibility index (Phi) is 5.63. The number of anilines is 4. The van der Waals surface area contributed by atoms with Crippen LogP contribution in [0.15, 0.2) is 60.9 Å². The predicted octanol–water partition coefficient (Wildman–Crippen LogP) is 4.08. The van der Waals surface area contributed by atoms with Crippen molar-refractivity contribution in [3.8, 4) is 0 Å². The van der Waals surface area contributed by atoms with Crippen LogP contribution in [0.3, 0.4) is 0 Å². The molecule has 1 aromatic heterocycles. The number of hydrogen-bond acceptors (Lipinski definition) is 5. The second kappa shape index (κ2) is 8.29. The van der Waals surface area contributed by atoms with Gasteiger partial charge in [-0.1, -0.05) is 11.6 Å². The first-order valence-corrected chi connectivity index (χ1v) is 8.41. The third-order valence-corrected chi connectivity index (χ3v) is 3.73. The minimum atomic E-state index is -0.371. The molecule has 0 aliphatic carbocycles. The van der Waals surface area contributed by atoms with Crippen LogP contribution in [0, 0.1) is 0 Å². The smallest absolute Gasteiger partial charge is 0.274 e. The maximum atomic E-state index is 12.4. The SMILES string of the molecule is CC(=O)Nc1ccc(NC(=O)c2cc(Nc3ccc(Cl)cc3)ncn2)cc1. The van der Waals surface area contributed by atoms with Crippen LogP contribution >= 0.6 is 11.6 Å². The first kappa shape index (κ1) is 18.3. The van der Waals surface area contributed by atoms with Gasteiger partial charge in [0.05, 0.1) is 0 Å². The van der Waals surface area contributed by atoms with E-state index < -0.39 is 0 Å². The minimum Gasteiger partial charge on any atom is -0.340 e. The Labute approximate surface area is 160 Å². The van der Waals surface area contributed by atoms with Crippen molar-refractivity contribution in [3.63, 3.8) is 0 Å². The average Bonchev–Trinajstić information content (AvgIpc) is 2.65. The molecule has 0 aliphatic rings. The van der Waals surface area contributed by atoms with E-state index in [0.29, 0.717) is 22.2 Å². The van der Waals surface area contributed by atoms with Crippen LogP contribution < -0.4 is 16.0 Å². The lowest BCUT2D eigenvalue weighted by Gasteiger charge is -2.08. The summed E-state index contributed by atoms with van der Waals surface area (Å²) >= 11 is 5.87. The first-order valence-electron chi connectivity index (χ1n) is 8.03. The lowest BCUT2D eigenvalue weighted by Crippen LogP contribution is -2.14. The predicted molar refractivity (Wildman–Crippen MR) is 105 cm³/mol. The normalized spacial score (nSPS) is 10.1. The van der Waals surface area contributed by atoms with Gasteiger partial charge in [-0.15, -0.1) is 0 Å². The summed E-state index contributed by atoms with van der Waals surface area (Å²) in [6.45, 7) is 1.43. The van der Waals surface area contributed by atoms with Crippen LogP contribution in [0.2, 0.25) is 5.02 Å². The largest absolute Gasteiger partial charge is 0.340 e. The van der Waals surface area contributed by atoms with Gasteiger partial charge in [0.15, 0.2) is 0 Å². The third kappa shape index (κ3) is 5.26. The van der Waals surface area contributed by atoms with Gasteiger partial charge in [-0.3, -0.25) is 9.59 Å². The molecule has 0 saturated heterocycles. The molecule has 3 aromatic rings. The molecule has 0 aliphatic heterocycles. The maximum Gasteiger partial charge on any atom is 0.274 e. The zero-order chi connectivity index (χ0) is 19.2. The number of rotatable bonds is 5. The van der Waals surface area contributed by atoms with Gasteiger partial charge in [-0.05, 0) is 48.5 Å². The van der Waals surface area contributed by atoms with Gasteiger partial charge >= 0.3 is 0 Å². The van der Waals surface area contributed by atoms with E-state index in [1.54, 1.807) is 54.6 Å². The standard InChI is InChI=1S/C19H16ClN5O2/c1-12(26)23-14-6-8-16(9-7-14)25-19(27)17-10-18(22-11-21-17)24-15-4-2-13(20)3-5-15/h2-11H,1H3,(H,23,26)(H,25,27)(H,21,22,24). The Morgan fingerprint density at radius 1 is 0.852 bits per heavy atom. The molecule has 8 heteroatoms. The molecular formula is C19H16ClN5O2. The number of amides is 2. The summed E-state index contributed by atoms with van der Waals surface area (Å²) in [7, 11) is 0. The van der Waals surface area contributed by atoms with Gasteiger partial charge < -0.3 is 16.0 Å². The molecule has 3 N–H and O–H groups in total. The summed E-state index contributed by atoms with van der Waals surface area (Å²) < 4.78 is 0. The highest BCUT2D eigenvalue weighted by Crippen LogP contribution is 2.18. The van der Waals surface area contributed by atoms with E-state index in [4.69, 9.17) is 11.6 Å². The Bertz CT molecular complexity index is 959. The molecule has 0 bridgehead atoms. The van der Waals surface area contributed by atoms with E-state index in [1.807, 2.05) is 0 Å². The van der Waals surface area contributed by atoms with Gasteiger partial charge in [0, 0.05) is 35.1 Å². The topological polar surface area (TPSA) is 96.0 Å². The van der Waals surface area contributed by atoms with E-state index in [-0.39, 0.29) is 17.5 Å². The fourth-order valence-corrected chi connectivity index (χ4v) is 2.39. The highest BCUT2D eigenvalue weighted by molar-refractivity contribution is 6.30. The van der Waals surface area contributed by atoms with Crippen LogP contribution in [0.1, 0.15) is 17.4 Å². The molecule has 0 spiro atoms. The molecule has 3 rings (SSSR count). The molecule has 2 aromatic carbocycles. The Hall–Kier alpha value is -3.45. The van der Waals surface area contributed by atoms with Crippen LogP contribution in [-0.2, 0) is 4.79 Å². The second-order valence-corrected chi connectivity index (χ2v) is 6.07. The summed E-state index contributed by atoms with van der Waals surface area (Å²) in [6, 6.07) is 15.5. The number of halogens is 1. The number of aromatic nitrogens is 2. The molecule has 0 radical (unpaired) electrons. The summed E-state index contributed by atoms with van der Waals surface area (Å²) in [4.78, 5) is 31.6. The summed E-state index contributed by atoms with van der Waals surface area (Å²) in [6.07, 6.45) is 1.31. The number of nitrogens with one attached hydrogen (secondary N) is 3. The molecule has 0 fully saturated rings. The van der Waals surface area contributed by atoms with E-state index in [2.05, 4.69) is 25.9 Å². The van der Waals surface area contributed by atoms with Gasteiger partial charge in [0.1, 0.15) is 17.8 Å². The first-order chi connectivity index (χ1) is 13.0. The van der Waals surface area contributed by atoms with E-state index in [1.165, 1.54) is 13.3 Å². The Balaban J connectivity index is 1.67. The van der Waals surface area contributed by atoms with E-state index in [0.717, 1.165) is 5.69 Å². The average molecular weight is 382 g/mol.